The zero-order valence-corrected chi connectivity index (χ0v) is 16.3. The normalized spacial score (nSPS) is 11.0. The molecule has 0 aliphatic rings. The Kier molecular flexibility index (Phi) is 6.73. The molecule has 30 heavy (non-hydrogen) atoms. The molecule has 0 aliphatic heterocycles. The van der Waals surface area contributed by atoms with Gasteiger partial charge in [0.05, 0.1) is 12.1 Å². The fourth-order valence-corrected chi connectivity index (χ4v) is 3.15. The van der Waals surface area contributed by atoms with Crippen LogP contribution in [0.25, 0.3) is 0 Å². The van der Waals surface area contributed by atoms with Crippen molar-refractivity contribution in [3.63, 3.8) is 0 Å². The Hall–Kier alpha value is -3.33. The second-order valence-corrected chi connectivity index (χ2v) is 7.23. The maximum Gasteiger partial charge on any atom is 0.416 e. The van der Waals surface area contributed by atoms with Gasteiger partial charge < -0.3 is 15.4 Å². The predicted octanol–water partition coefficient (Wildman–Crippen LogP) is 4.71. The highest BCUT2D eigenvalue weighted by Gasteiger charge is 2.30. The maximum absolute atomic E-state index is 12.7. The average Bonchev–Trinajstić information content (AvgIpc) is 3.24. The van der Waals surface area contributed by atoms with Crippen molar-refractivity contribution in [3.05, 3.63) is 82.0 Å². The summed E-state index contributed by atoms with van der Waals surface area (Å²) in [5.41, 5.74) is -0.391. The van der Waals surface area contributed by atoms with E-state index in [0.29, 0.717) is 17.9 Å². The first-order valence-corrected chi connectivity index (χ1v) is 9.70. The number of carbonyl (C=O) groups excluding carboxylic acids is 2. The van der Waals surface area contributed by atoms with Gasteiger partial charge in [-0.1, -0.05) is 12.1 Å². The lowest BCUT2D eigenvalue weighted by atomic mass is 10.2. The van der Waals surface area contributed by atoms with Crippen LogP contribution in [-0.4, -0.2) is 18.4 Å². The summed E-state index contributed by atoms with van der Waals surface area (Å²) in [4.78, 5) is 25.1. The van der Waals surface area contributed by atoms with Crippen molar-refractivity contribution >= 4 is 28.8 Å². The predicted molar refractivity (Wildman–Crippen MR) is 107 cm³/mol. The SMILES string of the molecule is O=C(COc1ccc(C(=O)NCc2cccs2)cc1)Nc1cccc(C(F)(F)F)c1. The van der Waals surface area contributed by atoms with E-state index in [1.54, 1.807) is 23.5 Å². The zero-order valence-electron chi connectivity index (χ0n) is 15.5. The fraction of sp³-hybridized carbons (Fsp3) is 0.143. The third-order valence-electron chi connectivity index (χ3n) is 3.96. The standard InChI is InChI=1S/C21H17F3N2O3S/c22-21(23,24)15-3-1-4-16(11-15)26-19(27)13-29-17-8-6-14(7-9-17)20(28)25-12-18-5-2-10-30-18/h1-11H,12-13H2,(H,25,28)(H,26,27). The monoisotopic (exact) mass is 434 g/mol. The Morgan fingerprint density at radius 1 is 1.00 bits per heavy atom. The molecule has 0 aliphatic carbocycles. The molecule has 1 aromatic heterocycles. The van der Waals surface area contributed by atoms with Crippen LogP contribution in [-0.2, 0) is 17.5 Å². The Morgan fingerprint density at radius 3 is 2.43 bits per heavy atom. The third-order valence-corrected chi connectivity index (χ3v) is 4.84. The van der Waals surface area contributed by atoms with Gasteiger partial charge in [-0.05, 0) is 53.9 Å². The fourth-order valence-electron chi connectivity index (χ4n) is 2.50. The van der Waals surface area contributed by atoms with E-state index in [0.717, 1.165) is 17.0 Å². The van der Waals surface area contributed by atoms with Crippen LogP contribution in [0.3, 0.4) is 0 Å². The minimum Gasteiger partial charge on any atom is -0.484 e. The number of hydrogen-bond acceptors (Lipinski definition) is 4. The van der Waals surface area contributed by atoms with Crippen molar-refractivity contribution < 1.29 is 27.5 Å². The Labute approximate surface area is 174 Å². The average molecular weight is 434 g/mol. The van der Waals surface area contributed by atoms with Gasteiger partial charge in [-0.3, -0.25) is 9.59 Å². The summed E-state index contributed by atoms with van der Waals surface area (Å²) in [5, 5.41) is 7.08. The minimum absolute atomic E-state index is 0.0242. The molecule has 2 amide bonds. The summed E-state index contributed by atoms with van der Waals surface area (Å²) in [7, 11) is 0. The summed E-state index contributed by atoms with van der Waals surface area (Å²) in [6.07, 6.45) is -4.49. The second-order valence-electron chi connectivity index (χ2n) is 6.20. The first kappa shape index (κ1) is 21.4. The van der Waals surface area contributed by atoms with Crippen molar-refractivity contribution in [2.24, 2.45) is 0 Å². The molecule has 0 radical (unpaired) electrons. The molecule has 3 rings (SSSR count). The Morgan fingerprint density at radius 2 is 1.77 bits per heavy atom. The molecule has 0 atom stereocenters. The quantitative estimate of drug-likeness (QED) is 0.566. The first-order chi connectivity index (χ1) is 14.3. The van der Waals surface area contributed by atoms with Crippen LogP contribution in [0.1, 0.15) is 20.8 Å². The number of halogens is 3. The highest BCUT2D eigenvalue weighted by Crippen LogP contribution is 2.30. The van der Waals surface area contributed by atoms with E-state index < -0.39 is 17.6 Å². The number of anilines is 1. The largest absolute Gasteiger partial charge is 0.484 e. The molecule has 3 aromatic rings. The summed E-state index contributed by atoms with van der Waals surface area (Å²) >= 11 is 1.55. The summed E-state index contributed by atoms with van der Waals surface area (Å²) in [5.74, 6) is -0.492. The lowest BCUT2D eigenvalue weighted by Crippen LogP contribution is -2.22. The van der Waals surface area contributed by atoms with E-state index in [1.165, 1.54) is 24.3 Å². The van der Waals surface area contributed by atoms with Crippen molar-refractivity contribution in [1.82, 2.24) is 5.32 Å². The zero-order chi connectivity index (χ0) is 21.6. The highest BCUT2D eigenvalue weighted by atomic mass is 32.1. The van der Waals surface area contributed by atoms with Gasteiger partial charge in [0.2, 0.25) is 0 Å². The van der Waals surface area contributed by atoms with Crippen LogP contribution in [0.4, 0.5) is 18.9 Å². The summed E-state index contributed by atoms with van der Waals surface area (Å²) in [6, 6.07) is 14.4. The molecule has 9 heteroatoms. The molecule has 0 saturated carbocycles. The van der Waals surface area contributed by atoms with Gasteiger partial charge in [0.15, 0.2) is 6.61 Å². The maximum atomic E-state index is 12.7. The molecule has 1 heterocycles. The van der Waals surface area contributed by atoms with Crippen LogP contribution in [0.2, 0.25) is 0 Å². The van der Waals surface area contributed by atoms with Crippen molar-refractivity contribution in [2.75, 3.05) is 11.9 Å². The third kappa shape index (κ3) is 6.08. The second kappa shape index (κ2) is 9.45. The van der Waals surface area contributed by atoms with Gasteiger partial charge in [0.25, 0.3) is 11.8 Å². The van der Waals surface area contributed by atoms with Gasteiger partial charge in [0.1, 0.15) is 5.75 Å². The van der Waals surface area contributed by atoms with Crippen LogP contribution >= 0.6 is 11.3 Å². The molecule has 0 bridgehead atoms. The summed E-state index contributed by atoms with van der Waals surface area (Å²) < 4.78 is 43.5. The van der Waals surface area contributed by atoms with Gasteiger partial charge in [-0.25, -0.2) is 0 Å². The molecular weight excluding hydrogens is 417 g/mol. The van der Waals surface area contributed by atoms with Crippen LogP contribution < -0.4 is 15.4 Å². The molecule has 2 aromatic carbocycles. The number of benzene rings is 2. The van der Waals surface area contributed by atoms with Crippen LogP contribution in [0, 0.1) is 0 Å². The van der Waals surface area contributed by atoms with Crippen molar-refractivity contribution in [1.29, 1.82) is 0 Å². The molecule has 0 fully saturated rings. The van der Waals surface area contributed by atoms with Crippen molar-refractivity contribution in [3.8, 4) is 5.75 Å². The van der Waals surface area contributed by atoms with E-state index in [-0.39, 0.29) is 18.2 Å². The van der Waals surface area contributed by atoms with E-state index >= 15 is 0 Å². The molecule has 0 spiro atoms. The lowest BCUT2D eigenvalue weighted by Gasteiger charge is -2.11. The topological polar surface area (TPSA) is 67.4 Å². The highest BCUT2D eigenvalue weighted by molar-refractivity contribution is 7.09. The van der Waals surface area contributed by atoms with E-state index in [4.69, 9.17) is 4.74 Å². The first-order valence-electron chi connectivity index (χ1n) is 8.82. The van der Waals surface area contributed by atoms with Crippen LogP contribution in [0.5, 0.6) is 5.75 Å². The molecule has 0 unspecified atom stereocenters. The Balaban J connectivity index is 1.48. The number of rotatable bonds is 7. The van der Waals surface area contributed by atoms with Gasteiger partial charge in [0, 0.05) is 16.1 Å². The van der Waals surface area contributed by atoms with Crippen LogP contribution in [0.15, 0.2) is 66.0 Å². The van der Waals surface area contributed by atoms with Gasteiger partial charge in [-0.15, -0.1) is 11.3 Å². The minimum atomic E-state index is -4.49. The number of ether oxygens (including phenoxy) is 1. The lowest BCUT2D eigenvalue weighted by molar-refractivity contribution is -0.137. The number of alkyl halides is 3. The van der Waals surface area contributed by atoms with E-state index in [1.807, 2.05) is 17.5 Å². The van der Waals surface area contributed by atoms with E-state index in [2.05, 4.69) is 10.6 Å². The number of thiophene rings is 1. The van der Waals surface area contributed by atoms with E-state index in [9.17, 15) is 22.8 Å². The Bertz CT molecular complexity index is 1000. The number of nitrogens with one attached hydrogen (secondary N) is 2. The number of hydrogen-bond donors (Lipinski definition) is 2. The van der Waals surface area contributed by atoms with Crippen molar-refractivity contribution in [2.45, 2.75) is 12.7 Å². The molecule has 5 nitrogen and oxygen atoms in total. The van der Waals surface area contributed by atoms with Gasteiger partial charge in [-0.2, -0.15) is 13.2 Å². The summed E-state index contributed by atoms with van der Waals surface area (Å²) in [6.45, 7) is 0.0463. The molecule has 0 saturated heterocycles. The molecular formula is C21H17F3N2O3S. The van der Waals surface area contributed by atoms with Gasteiger partial charge >= 0.3 is 6.18 Å². The molecule has 156 valence electrons. The molecule has 2 N–H and O–H groups in total. The smallest absolute Gasteiger partial charge is 0.416 e. The number of amides is 2. The number of carbonyl (C=O) groups is 2.